The van der Waals surface area contributed by atoms with Gasteiger partial charge in [0.25, 0.3) is 11.8 Å². The molecule has 0 fully saturated rings. The summed E-state index contributed by atoms with van der Waals surface area (Å²) in [4.78, 5) is 30.1. The molecule has 4 rings (SSSR count). The fourth-order valence-corrected chi connectivity index (χ4v) is 4.37. The van der Waals surface area contributed by atoms with Gasteiger partial charge >= 0.3 is 0 Å². The molecular formula is C23H20ClN5O4S. The van der Waals surface area contributed by atoms with Crippen LogP contribution in [-0.4, -0.2) is 41.2 Å². The van der Waals surface area contributed by atoms with Crippen LogP contribution in [0, 0.1) is 6.92 Å². The van der Waals surface area contributed by atoms with Gasteiger partial charge < -0.3 is 14.8 Å². The maximum absolute atomic E-state index is 12.8. The van der Waals surface area contributed by atoms with Crippen molar-refractivity contribution >= 4 is 45.7 Å². The van der Waals surface area contributed by atoms with Gasteiger partial charge in [0.2, 0.25) is 5.95 Å². The highest BCUT2D eigenvalue weighted by Crippen LogP contribution is 2.32. The summed E-state index contributed by atoms with van der Waals surface area (Å²) in [5.41, 5.74) is 1.71. The van der Waals surface area contributed by atoms with E-state index in [1.165, 1.54) is 0 Å². The van der Waals surface area contributed by atoms with Crippen LogP contribution < -0.4 is 20.1 Å². The molecular weight excluding hydrogens is 478 g/mol. The maximum atomic E-state index is 12.8. The van der Waals surface area contributed by atoms with Crippen molar-refractivity contribution in [1.82, 2.24) is 15.2 Å². The summed E-state index contributed by atoms with van der Waals surface area (Å²) in [6.45, 7) is 1.78. The Hall–Kier alpha value is -3.89. The molecule has 0 aliphatic carbocycles. The Morgan fingerprint density at radius 3 is 2.56 bits per heavy atom. The number of thiophene rings is 1. The molecule has 0 saturated carbocycles. The number of nitrogens with one attached hydrogen (secondary N) is 3. The topological polar surface area (TPSA) is 118 Å². The molecule has 34 heavy (non-hydrogen) atoms. The van der Waals surface area contributed by atoms with E-state index in [1.54, 1.807) is 69.7 Å². The Labute approximate surface area is 204 Å². The summed E-state index contributed by atoms with van der Waals surface area (Å²) >= 11 is 7.23. The first-order valence-electron chi connectivity index (χ1n) is 10.0. The average Bonchev–Trinajstić information content (AvgIpc) is 3.44. The molecule has 0 saturated heterocycles. The van der Waals surface area contributed by atoms with E-state index in [4.69, 9.17) is 21.1 Å². The van der Waals surface area contributed by atoms with Crippen molar-refractivity contribution in [2.45, 2.75) is 6.92 Å². The van der Waals surface area contributed by atoms with E-state index >= 15 is 0 Å². The molecule has 0 aliphatic heterocycles. The number of benzene rings is 2. The van der Waals surface area contributed by atoms with E-state index in [1.807, 2.05) is 0 Å². The predicted octanol–water partition coefficient (Wildman–Crippen LogP) is 5.02. The number of methoxy groups -OCH3 is 2. The molecule has 11 heteroatoms. The van der Waals surface area contributed by atoms with Crippen molar-refractivity contribution in [3.05, 3.63) is 69.6 Å². The smallest absolute Gasteiger partial charge is 0.268 e. The lowest BCUT2D eigenvalue weighted by Gasteiger charge is -2.07. The fraction of sp³-hybridized carbons (Fsp3) is 0.130. The summed E-state index contributed by atoms with van der Waals surface area (Å²) in [7, 11) is 3.11. The molecule has 2 amide bonds. The number of aromatic amines is 1. The van der Waals surface area contributed by atoms with Crippen molar-refractivity contribution in [3.63, 3.8) is 0 Å². The molecule has 0 spiro atoms. The van der Waals surface area contributed by atoms with Crippen LogP contribution in [0.3, 0.4) is 0 Å². The number of aromatic nitrogens is 3. The van der Waals surface area contributed by atoms with Gasteiger partial charge in [0.1, 0.15) is 11.5 Å². The van der Waals surface area contributed by atoms with Crippen LogP contribution in [0.15, 0.2) is 48.5 Å². The summed E-state index contributed by atoms with van der Waals surface area (Å²) in [5, 5.41) is 13.2. The average molecular weight is 498 g/mol. The molecule has 2 heterocycles. The van der Waals surface area contributed by atoms with E-state index in [2.05, 4.69) is 25.8 Å². The lowest BCUT2D eigenvalue weighted by molar-refractivity contribution is 0.101. The van der Waals surface area contributed by atoms with Crippen LogP contribution >= 0.6 is 22.9 Å². The summed E-state index contributed by atoms with van der Waals surface area (Å²) in [5.74, 6) is 0.956. The van der Waals surface area contributed by atoms with Gasteiger partial charge in [-0.15, -0.1) is 16.4 Å². The van der Waals surface area contributed by atoms with Gasteiger partial charge in [0, 0.05) is 6.07 Å². The number of carbonyl (C=O) groups is 2. The first-order chi connectivity index (χ1) is 16.4. The Bertz CT molecular complexity index is 1370. The molecule has 3 N–H and O–H groups in total. The van der Waals surface area contributed by atoms with Crippen molar-refractivity contribution in [1.29, 1.82) is 0 Å². The molecule has 0 bridgehead atoms. The second-order valence-corrected chi connectivity index (χ2v) is 8.54. The first-order valence-corrected chi connectivity index (χ1v) is 11.2. The minimum Gasteiger partial charge on any atom is -0.497 e. The maximum Gasteiger partial charge on any atom is 0.268 e. The van der Waals surface area contributed by atoms with Gasteiger partial charge in [-0.3, -0.25) is 20.0 Å². The van der Waals surface area contributed by atoms with Crippen molar-refractivity contribution in [2.75, 3.05) is 24.9 Å². The number of amides is 2. The van der Waals surface area contributed by atoms with Crippen molar-refractivity contribution in [2.24, 2.45) is 0 Å². The minimum absolute atomic E-state index is 0.104. The van der Waals surface area contributed by atoms with Crippen LogP contribution in [0.25, 0.3) is 11.4 Å². The molecule has 0 aliphatic rings. The number of aryl methyl sites for hydroxylation is 1. The molecule has 0 radical (unpaired) electrons. The summed E-state index contributed by atoms with van der Waals surface area (Å²) in [6.07, 6.45) is 0. The highest BCUT2D eigenvalue weighted by molar-refractivity contribution is 7.18. The van der Waals surface area contributed by atoms with E-state index < -0.39 is 5.91 Å². The SMILES string of the molecule is COc1ccc(-c2nc(NC(=O)c3sc(NC(=O)c4ccccc4Cl)cc3C)n[nH]2)c(OC)c1. The summed E-state index contributed by atoms with van der Waals surface area (Å²) < 4.78 is 10.6. The fourth-order valence-electron chi connectivity index (χ4n) is 3.18. The Morgan fingerprint density at radius 2 is 1.82 bits per heavy atom. The second kappa shape index (κ2) is 9.94. The van der Waals surface area contributed by atoms with E-state index in [0.717, 1.165) is 11.3 Å². The molecule has 0 unspecified atom stereocenters. The number of ether oxygens (including phenoxy) is 2. The highest BCUT2D eigenvalue weighted by atomic mass is 35.5. The van der Waals surface area contributed by atoms with Gasteiger partial charge in [-0.05, 0) is 42.8 Å². The number of anilines is 2. The van der Waals surface area contributed by atoms with Crippen LogP contribution in [0.4, 0.5) is 10.9 Å². The third kappa shape index (κ3) is 4.87. The largest absolute Gasteiger partial charge is 0.497 e. The quantitative estimate of drug-likeness (QED) is 0.330. The number of rotatable bonds is 7. The van der Waals surface area contributed by atoms with Crippen molar-refractivity contribution < 1.29 is 19.1 Å². The van der Waals surface area contributed by atoms with Gasteiger partial charge in [-0.25, -0.2) is 0 Å². The number of hydrogen-bond acceptors (Lipinski definition) is 7. The molecule has 2 aromatic carbocycles. The molecule has 4 aromatic rings. The first kappa shape index (κ1) is 23.3. The highest BCUT2D eigenvalue weighted by Gasteiger charge is 2.19. The van der Waals surface area contributed by atoms with Gasteiger partial charge in [-0.2, -0.15) is 4.98 Å². The van der Waals surface area contributed by atoms with Crippen LogP contribution in [0.5, 0.6) is 11.5 Å². The van der Waals surface area contributed by atoms with Gasteiger partial charge in [0.05, 0.1) is 40.2 Å². The minimum atomic E-state index is -0.395. The third-order valence-electron chi connectivity index (χ3n) is 4.85. The second-order valence-electron chi connectivity index (χ2n) is 7.08. The van der Waals surface area contributed by atoms with Crippen LogP contribution in [0.2, 0.25) is 5.02 Å². The number of hydrogen-bond donors (Lipinski definition) is 3. The Morgan fingerprint density at radius 1 is 1.03 bits per heavy atom. The summed E-state index contributed by atoms with van der Waals surface area (Å²) in [6, 6.07) is 13.7. The van der Waals surface area contributed by atoms with E-state index in [-0.39, 0.29) is 11.9 Å². The normalized spacial score (nSPS) is 10.6. The monoisotopic (exact) mass is 497 g/mol. The Balaban J connectivity index is 1.48. The standard InChI is InChI=1S/C23H20ClN5O4S/c1-12-10-18(25-21(30)14-6-4-5-7-16(14)24)34-19(12)22(31)27-23-26-20(28-29-23)15-9-8-13(32-2)11-17(15)33-3/h4-11H,1-3H3,(H,25,30)(H2,26,27,28,29,31). The molecule has 174 valence electrons. The number of carbonyl (C=O) groups excluding carboxylic acids is 2. The third-order valence-corrected chi connectivity index (χ3v) is 6.33. The van der Waals surface area contributed by atoms with Crippen LogP contribution in [0.1, 0.15) is 25.6 Å². The number of halogens is 1. The van der Waals surface area contributed by atoms with E-state index in [0.29, 0.717) is 48.9 Å². The zero-order valence-electron chi connectivity index (χ0n) is 18.4. The number of nitrogens with zero attached hydrogens (tertiary/aromatic N) is 2. The zero-order valence-corrected chi connectivity index (χ0v) is 20.0. The Kier molecular flexibility index (Phi) is 6.80. The van der Waals surface area contributed by atoms with Gasteiger partial charge in [-0.1, -0.05) is 23.7 Å². The predicted molar refractivity (Wildman–Crippen MR) is 131 cm³/mol. The molecule has 0 atom stereocenters. The zero-order chi connectivity index (χ0) is 24.2. The van der Waals surface area contributed by atoms with Crippen LogP contribution in [-0.2, 0) is 0 Å². The number of H-pyrrole nitrogens is 1. The van der Waals surface area contributed by atoms with E-state index in [9.17, 15) is 9.59 Å². The van der Waals surface area contributed by atoms with Crippen molar-refractivity contribution in [3.8, 4) is 22.9 Å². The lowest BCUT2D eigenvalue weighted by atomic mass is 10.2. The molecule has 2 aromatic heterocycles. The van der Waals surface area contributed by atoms with Gasteiger partial charge in [0.15, 0.2) is 5.82 Å². The molecule has 9 nitrogen and oxygen atoms in total. The lowest BCUT2D eigenvalue weighted by Crippen LogP contribution is -2.12.